The van der Waals surface area contributed by atoms with Crippen LogP contribution in [0.1, 0.15) is 11.5 Å². The van der Waals surface area contributed by atoms with Gasteiger partial charge in [-0.05, 0) is 30.7 Å². The van der Waals surface area contributed by atoms with Gasteiger partial charge in [0.15, 0.2) is 6.54 Å². The van der Waals surface area contributed by atoms with Crippen molar-refractivity contribution in [2.75, 3.05) is 31.1 Å². The highest BCUT2D eigenvalue weighted by Gasteiger charge is 2.23. The minimum absolute atomic E-state index is 0.598. The largest absolute Gasteiger partial charge is 0.360 e. The molecule has 0 atom stereocenters. The SMILES string of the molecule is Cc1ccccc1N1CC[NH+](Cc2nc(-c3cccc(Cl)c3)no2)CC1. The van der Waals surface area contributed by atoms with Crippen molar-refractivity contribution in [2.24, 2.45) is 0 Å². The van der Waals surface area contributed by atoms with Gasteiger partial charge in [0, 0.05) is 16.3 Å². The first-order chi connectivity index (χ1) is 12.7. The zero-order valence-corrected chi connectivity index (χ0v) is 15.5. The van der Waals surface area contributed by atoms with Gasteiger partial charge in [-0.1, -0.05) is 47.1 Å². The Balaban J connectivity index is 1.37. The number of nitrogens with zero attached hydrogens (tertiary/aromatic N) is 3. The number of hydrogen-bond donors (Lipinski definition) is 1. The van der Waals surface area contributed by atoms with E-state index in [4.69, 9.17) is 16.1 Å². The van der Waals surface area contributed by atoms with Gasteiger partial charge in [-0.15, -0.1) is 0 Å². The maximum Gasteiger partial charge on any atom is 0.282 e. The summed E-state index contributed by atoms with van der Waals surface area (Å²) in [5.41, 5.74) is 3.55. The first-order valence-electron chi connectivity index (χ1n) is 8.92. The van der Waals surface area contributed by atoms with Crippen molar-refractivity contribution in [3.63, 3.8) is 0 Å². The summed E-state index contributed by atoms with van der Waals surface area (Å²) in [6.07, 6.45) is 0. The summed E-state index contributed by atoms with van der Waals surface area (Å²) in [4.78, 5) is 8.47. The first-order valence-corrected chi connectivity index (χ1v) is 9.29. The van der Waals surface area contributed by atoms with Gasteiger partial charge in [0.25, 0.3) is 5.89 Å². The van der Waals surface area contributed by atoms with Gasteiger partial charge >= 0.3 is 0 Å². The van der Waals surface area contributed by atoms with E-state index in [-0.39, 0.29) is 0 Å². The highest BCUT2D eigenvalue weighted by molar-refractivity contribution is 6.30. The number of nitrogens with one attached hydrogen (secondary N) is 1. The number of aromatic nitrogens is 2. The fraction of sp³-hybridized carbons (Fsp3) is 0.300. The molecule has 0 unspecified atom stereocenters. The highest BCUT2D eigenvalue weighted by atomic mass is 35.5. The van der Waals surface area contributed by atoms with Crippen LogP contribution in [-0.4, -0.2) is 36.3 Å². The number of piperazine rings is 1. The first kappa shape index (κ1) is 17.1. The second-order valence-corrected chi connectivity index (χ2v) is 7.16. The highest BCUT2D eigenvalue weighted by Crippen LogP contribution is 2.20. The Kier molecular flexibility index (Phi) is 4.91. The molecule has 1 fully saturated rings. The van der Waals surface area contributed by atoms with Gasteiger partial charge in [0.2, 0.25) is 5.82 Å². The third-order valence-corrected chi connectivity index (χ3v) is 5.11. The lowest BCUT2D eigenvalue weighted by atomic mass is 10.1. The van der Waals surface area contributed by atoms with Gasteiger partial charge in [0.05, 0.1) is 26.2 Å². The molecule has 1 N–H and O–H groups in total. The van der Waals surface area contributed by atoms with Crippen LogP contribution in [-0.2, 0) is 6.54 Å². The predicted octanol–water partition coefficient (Wildman–Crippen LogP) is 2.60. The zero-order chi connectivity index (χ0) is 17.9. The van der Waals surface area contributed by atoms with Crippen molar-refractivity contribution in [3.05, 3.63) is 65.0 Å². The Bertz CT molecular complexity index is 887. The maximum atomic E-state index is 6.04. The summed E-state index contributed by atoms with van der Waals surface area (Å²) < 4.78 is 5.45. The molecule has 0 spiro atoms. The molecule has 4 rings (SSSR count). The van der Waals surface area contributed by atoms with E-state index < -0.39 is 0 Å². The summed E-state index contributed by atoms with van der Waals surface area (Å²) in [6, 6.07) is 16.1. The quantitative estimate of drug-likeness (QED) is 0.768. The minimum Gasteiger partial charge on any atom is -0.360 e. The second kappa shape index (κ2) is 7.48. The molecule has 0 amide bonds. The Hall–Kier alpha value is -2.37. The lowest BCUT2D eigenvalue weighted by Gasteiger charge is -2.33. The van der Waals surface area contributed by atoms with Crippen LogP contribution in [0.3, 0.4) is 0 Å². The molecule has 3 aromatic rings. The molecular weight excluding hydrogens is 348 g/mol. The van der Waals surface area contributed by atoms with E-state index in [2.05, 4.69) is 46.2 Å². The number of rotatable bonds is 4. The standard InChI is InChI=1S/C20H21ClN4O/c1-15-5-2-3-8-18(15)25-11-9-24(10-12-25)14-19-22-20(23-26-19)16-6-4-7-17(21)13-16/h2-8,13H,9-12,14H2,1H3/p+1. The van der Waals surface area contributed by atoms with Crippen LogP contribution >= 0.6 is 11.6 Å². The summed E-state index contributed by atoms with van der Waals surface area (Å²) in [7, 11) is 0. The lowest BCUT2D eigenvalue weighted by molar-refractivity contribution is -0.915. The zero-order valence-electron chi connectivity index (χ0n) is 14.8. The Morgan fingerprint density at radius 3 is 2.69 bits per heavy atom. The molecule has 0 bridgehead atoms. The molecule has 0 saturated carbocycles. The van der Waals surface area contributed by atoms with Crippen molar-refractivity contribution in [1.29, 1.82) is 0 Å². The van der Waals surface area contributed by atoms with Crippen LogP contribution in [0.4, 0.5) is 5.69 Å². The van der Waals surface area contributed by atoms with Gasteiger partial charge in [-0.3, -0.25) is 0 Å². The van der Waals surface area contributed by atoms with Crippen molar-refractivity contribution in [1.82, 2.24) is 10.1 Å². The second-order valence-electron chi connectivity index (χ2n) is 6.72. The summed E-state index contributed by atoms with van der Waals surface area (Å²) in [5, 5.41) is 4.77. The number of para-hydroxylation sites is 1. The van der Waals surface area contributed by atoms with Gasteiger partial charge < -0.3 is 14.3 Å². The fourth-order valence-corrected chi connectivity index (χ4v) is 3.63. The molecule has 2 heterocycles. The molecule has 134 valence electrons. The van der Waals surface area contributed by atoms with Crippen LogP contribution in [0, 0.1) is 6.92 Å². The number of halogens is 1. The fourth-order valence-electron chi connectivity index (χ4n) is 3.44. The molecule has 2 aromatic carbocycles. The lowest BCUT2D eigenvalue weighted by Crippen LogP contribution is -3.13. The average molecular weight is 370 g/mol. The normalized spacial score (nSPS) is 15.4. The predicted molar refractivity (Wildman–Crippen MR) is 103 cm³/mol. The Morgan fingerprint density at radius 1 is 1.12 bits per heavy atom. The molecule has 26 heavy (non-hydrogen) atoms. The van der Waals surface area contributed by atoms with E-state index in [1.165, 1.54) is 16.2 Å². The molecular formula is C20H22ClN4O+. The third-order valence-electron chi connectivity index (χ3n) is 4.88. The molecule has 1 aromatic heterocycles. The topological polar surface area (TPSA) is 46.6 Å². The van der Waals surface area contributed by atoms with E-state index in [9.17, 15) is 0 Å². The van der Waals surface area contributed by atoms with Crippen LogP contribution in [0.5, 0.6) is 0 Å². The van der Waals surface area contributed by atoms with Crippen LogP contribution in [0.25, 0.3) is 11.4 Å². The van der Waals surface area contributed by atoms with Crippen molar-refractivity contribution in [3.8, 4) is 11.4 Å². The number of quaternary nitrogens is 1. The van der Waals surface area contributed by atoms with E-state index in [1.54, 1.807) is 0 Å². The van der Waals surface area contributed by atoms with Gasteiger partial charge in [-0.2, -0.15) is 4.98 Å². The van der Waals surface area contributed by atoms with E-state index >= 15 is 0 Å². The maximum absolute atomic E-state index is 6.04. The minimum atomic E-state index is 0.598. The molecule has 5 nitrogen and oxygen atoms in total. The number of anilines is 1. The van der Waals surface area contributed by atoms with E-state index in [0.717, 1.165) is 38.3 Å². The molecule has 1 aliphatic rings. The Labute approximate surface area is 158 Å². The van der Waals surface area contributed by atoms with Gasteiger partial charge in [-0.25, -0.2) is 0 Å². The average Bonchev–Trinajstić information content (AvgIpc) is 3.12. The van der Waals surface area contributed by atoms with Crippen molar-refractivity contribution in [2.45, 2.75) is 13.5 Å². The number of benzene rings is 2. The molecule has 1 aliphatic heterocycles. The molecule has 0 radical (unpaired) electrons. The van der Waals surface area contributed by atoms with E-state index in [1.807, 2.05) is 24.3 Å². The monoisotopic (exact) mass is 369 g/mol. The smallest absolute Gasteiger partial charge is 0.282 e. The number of hydrogen-bond acceptors (Lipinski definition) is 4. The third kappa shape index (κ3) is 3.74. The summed E-state index contributed by atoms with van der Waals surface area (Å²) >= 11 is 6.04. The van der Waals surface area contributed by atoms with Gasteiger partial charge in [0.1, 0.15) is 0 Å². The van der Waals surface area contributed by atoms with Crippen LogP contribution in [0.15, 0.2) is 53.1 Å². The molecule has 1 saturated heterocycles. The van der Waals surface area contributed by atoms with Crippen LogP contribution < -0.4 is 9.80 Å². The molecule has 6 heteroatoms. The number of aryl methyl sites for hydroxylation is 1. The summed E-state index contributed by atoms with van der Waals surface area (Å²) in [5.74, 6) is 1.28. The van der Waals surface area contributed by atoms with Crippen molar-refractivity contribution >= 4 is 17.3 Å². The summed E-state index contributed by atoms with van der Waals surface area (Å²) in [6.45, 7) is 7.12. The van der Waals surface area contributed by atoms with Crippen LogP contribution in [0.2, 0.25) is 5.02 Å². The molecule has 0 aliphatic carbocycles. The Morgan fingerprint density at radius 2 is 1.92 bits per heavy atom. The van der Waals surface area contributed by atoms with E-state index in [0.29, 0.717) is 16.7 Å². The van der Waals surface area contributed by atoms with Crippen molar-refractivity contribution < 1.29 is 9.42 Å².